The van der Waals surface area contributed by atoms with Crippen LogP contribution in [0.1, 0.15) is 37.8 Å². The van der Waals surface area contributed by atoms with E-state index in [-0.39, 0.29) is 11.6 Å². The van der Waals surface area contributed by atoms with Gasteiger partial charge in [0.25, 0.3) is 0 Å². The number of hydrogen-bond donors (Lipinski definition) is 1. The topological polar surface area (TPSA) is 15.3 Å². The van der Waals surface area contributed by atoms with Gasteiger partial charge in [0.05, 0.1) is 0 Å². The first-order valence-electron chi connectivity index (χ1n) is 7.08. The van der Waals surface area contributed by atoms with Gasteiger partial charge in [-0.25, -0.2) is 8.78 Å². The molecular weight excluding hydrogens is 246 g/mol. The van der Waals surface area contributed by atoms with Crippen LogP contribution in [0.5, 0.6) is 0 Å². The summed E-state index contributed by atoms with van der Waals surface area (Å²) < 4.78 is 27.1. The maximum atomic E-state index is 13.6. The maximum absolute atomic E-state index is 13.6. The molecule has 0 aromatic heterocycles. The van der Waals surface area contributed by atoms with Gasteiger partial charge in [-0.05, 0) is 64.5 Å². The van der Waals surface area contributed by atoms with Crippen molar-refractivity contribution >= 4 is 0 Å². The Morgan fingerprint density at radius 3 is 2.47 bits per heavy atom. The first-order valence-corrected chi connectivity index (χ1v) is 7.08. The van der Waals surface area contributed by atoms with Crippen LogP contribution in [-0.4, -0.2) is 31.1 Å². The van der Waals surface area contributed by atoms with Crippen molar-refractivity contribution in [3.8, 4) is 0 Å². The van der Waals surface area contributed by atoms with Crippen molar-refractivity contribution in [3.63, 3.8) is 0 Å². The molecule has 2 rings (SSSR count). The molecule has 2 nitrogen and oxygen atoms in total. The zero-order valence-electron chi connectivity index (χ0n) is 11.5. The van der Waals surface area contributed by atoms with Crippen molar-refractivity contribution in [2.24, 2.45) is 0 Å². The van der Waals surface area contributed by atoms with Crippen LogP contribution in [-0.2, 0) is 0 Å². The molecule has 1 fully saturated rings. The lowest BCUT2D eigenvalue weighted by molar-refractivity contribution is 0.327. The van der Waals surface area contributed by atoms with E-state index in [1.54, 1.807) is 6.92 Å². The predicted molar refractivity (Wildman–Crippen MR) is 73.1 cm³/mol. The first kappa shape index (κ1) is 14.4. The molecule has 0 saturated carbocycles. The molecule has 1 aromatic rings. The van der Waals surface area contributed by atoms with Gasteiger partial charge >= 0.3 is 0 Å². The number of halogens is 2. The van der Waals surface area contributed by atoms with Crippen LogP contribution < -0.4 is 5.32 Å². The minimum absolute atomic E-state index is 0.142. The Morgan fingerprint density at radius 1 is 1.21 bits per heavy atom. The van der Waals surface area contributed by atoms with E-state index in [1.165, 1.54) is 44.1 Å². The van der Waals surface area contributed by atoms with Crippen molar-refractivity contribution in [3.05, 3.63) is 35.4 Å². The van der Waals surface area contributed by atoms with Gasteiger partial charge in [0, 0.05) is 11.6 Å². The van der Waals surface area contributed by atoms with E-state index in [1.807, 2.05) is 0 Å². The fourth-order valence-corrected chi connectivity index (χ4v) is 2.65. The molecule has 1 aliphatic rings. The first-order chi connectivity index (χ1) is 9.18. The summed E-state index contributed by atoms with van der Waals surface area (Å²) in [5.41, 5.74) is 0.142. The molecule has 0 bridgehead atoms. The van der Waals surface area contributed by atoms with Crippen molar-refractivity contribution in [2.75, 3.05) is 26.2 Å². The summed E-state index contributed by atoms with van der Waals surface area (Å²) in [6.45, 7) is 6.04. The van der Waals surface area contributed by atoms with Crippen molar-refractivity contribution < 1.29 is 8.78 Å². The minimum atomic E-state index is -0.473. The van der Waals surface area contributed by atoms with Crippen LogP contribution in [0.15, 0.2) is 18.2 Å². The Hall–Kier alpha value is -1.00. The van der Waals surface area contributed by atoms with Crippen LogP contribution in [0.4, 0.5) is 8.78 Å². The van der Waals surface area contributed by atoms with Gasteiger partial charge in [0.15, 0.2) is 0 Å². The second-order valence-corrected chi connectivity index (χ2v) is 5.21. The smallest absolute Gasteiger partial charge is 0.130 e. The largest absolute Gasteiger partial charge is 0.310 e. The Labute approximate surface area is 113 Å². The highest BCUT2D eigenvalue weighted by atomic mass is 19.1. The van der Waals surface area contributed by atoms with E-state index in [0.29, 0.717) is 0 Å². The summed E-state index contributed by atoms with van der Waals surface area (Å²) in [6.07, 6.45) is 3.61. The Balaban J connectivity index is 1.76. The Morgan fingerprint density at radius 2 is 1.84 bits per heavy atom. The molecule has 1 heterocycles. The van der Waals surface area contributed by atoms with Crippen LogP contribution >= 0.6 is 0 Å². The van der Waals surface area contributed by atoms with Crippen molar-refractivity contribution in [2.45, 2.75) is 32.2 Å². The fourth-order valence-electron chi connectivity index (χ4n) is 2.65. The van der Waals surface area contributed by atoms with Gasteiger partial charge < -0.3 is 10.2 Å². The van der Waals surface area contributed by atoms with Gasteiger partial charge in [-0.1, -0.05) is 6.07 Å². The van der Waals surface area contributed by atoms with Gasteiger partial charge in [-0.3, -0.25) is 0 Å². The summed E-state index contributed by atoms with van der Waals surface area (Å²) in [7, 11) is 0. The quantitative estimate of drug-likeness (QED) is 0.798. The van der Waals surface area contributed by atoms with E-state index in [9.17, 15) is 8.78 Å². The molecule has 1 atom stereocenters. The lowest BCUT2D eigenvalue weighted by atomic mass is 10.1. The molecule has 0 spiro atoms. The van der Waals surface area contributed by atoms with Crippen molar-refractivity contribution in [1.29, 1.82) is 0 Å². The fraction of sp³-hybridized carbons (Fsp3) is 0.600. The number of nitrogens with one attached hydrogen (secondary N) is 1. The Kier molecular flexibility index (Phi) is 5.28. The van der Waals surface area contributed by atoms with E-state index in [4.69, 9.17) is 0 Å². The lowest BCUT2D eigenvalue weighted by Gasteiger charge is -2.18. The average molecular weight is 268 g/mol. The van der Waals surface area contributed by atoms with Gasteiger partial charge in [0.2, 0.25) is 0 Å². The third-order valence-electron chi connectivity index (χ3n) is 3.73. The normalized spacial score (nSPS) is 17.8. The molecule has 0 amide bonds. The second kappa shape index (κ2) is 6.96. The van der Waals surface area contributed by atoms with Crippen LogP contribution in [0.2, 0.25) is 0 Å². The summed E-state index contributed by atoms with van der Waals surface area (Å²) in [4.78, 5) is 2.44. The zero-order valence-corrected chi connectivity index (χ0v) is 11.5. The third-order valence-corrected chi connectivity index (χ3v) is 3.73. The van der Waals surface area contributed by atoms with Gasteiger partial charge in [-0.15, -0.1) is 0 Å². The summed E-state index contributed by atoms with van der Waals surface area (Å²) in [5, 5.41) is 3.20. The molecule has 1 saturated heterocycles. The molecule has 4 heteroatoms. The molecule has 1 unspecified atom stereocenters. The number of rotatable bonds is 6. The zero-order chi connectivity index (χ0) is 13.7. The molecule has 1 aromatic carbocycles. The van der Waals surface area contributed by atoms with Gasteiger partial charge in [-0.2, -0.15) is 0 Å². The lowest BCUT2D eigenvalue weighted by Crippen LogP contribution is -2.27. The number of nitrogens with zero attached hydrogens (tertiary/aromatic N) is 1. The third kappa shape index (κ3) is 3.98. The average Bonchev–Trinajstić information content (AvgIpc) is 2.87. The number of hydrogen-bond acceptors (Lipinski definition) is 2. The molecule has 0 aliphatic carbocycles. The molecule has 1 N–H and O–H groups in total. The second-order valence-electron chi connectivity index (χ2n) is 5.21. The number of benzene rings is 1. The van der Waals surface area contributed by atoms with E-state index >= 15 is 0 Å². The molecule has 106 valence electrons. The number of likely N-dealkylation sites (tertiary alicyclic amines) is 1. The molecular formula is C15H22F2N2. The summed E-state index contributed by atoms with van der Waals surface area (Å²) in [5.74, 6) is -0.945. The van der Waals surface area contributed by atoms with E-state index in [2.05, 4.69) is 10.2 Å². The SMILES string of the molecule is CC(NCCCN1CCCC1)c1c(F)cccc1F. The van der Waals surface area contributed by atoms with Gasteiger partial charge in [0.1, 0.15) is 11.6 Å². The summed E-state index contributed by atoms with van der Waals surface area (Å²) >= 11 is 0. The molecule has 0 radical (unpaired) electrons. The van der Waals surface area contributed by atoms with Crippen LogP contribution in [0, 0.1) is 11.6 Å². The maximum Gasteiger partial charge on any atom is 0.130 e. The highest BCUT2D eigenvalue weighted by molar-refractivity contribution is 5.22. The van der Waals surface area contributed by atoms with E-state index < -0.39 is 11.6 Å². The van der Waals surface area contributed by atoms with E-state index in [0.717, 1.165) is 19.5 Å². The Bertz CT molecular complexity index is 383. The predicted octanol–water partition coefficient (Wildman–Crippen LogP) is 3.10. The standard InChI is InChI=1S/C15H22F2N2/c1-12(15-13(16)6-4-7-14(15)17)18-8-5-11-19-9-2-3-10-19/h4,6-7,12,18H,2-3,5,8-11H2,1H3. The molecule has 19 heavy (non-hydrogen) atoms. The van der Waals surface area contributed by atoms with Crippen molar-refractivity contribution in [1.82, 2.24) is 10.2 Å². The van der Waals surface area contributed by atoms with Crippen LogP contribution in [0.25, 0.3) is 0 Å². The molecule has 1 aliphatic heterocycles. The monoisotopic (exact) mass is 268 g/mol. The summed E-state index contributed by atoms with van der Waals surface area (Å²) in [6, 6.07) is 3.72. The highest BCUT2D eigenvalue weighted by Gasteiger charge is 2.15. The minimum Gasteiger partial charge on any atom is -0.310 e. The van der Waals surface area contributed by atoms with Crippen LogP contribution in [0.3, 0.4) is 0 Å². The highest BCUT2D eigenvalue weighted by Crippen LogP contribution is 2.20.